The van der Waals surface area contributed by atoms with Gasteiger partial charge in [-0.3, -0.25) is 9.36 Å². The Labute approximate surface area is 88.0 Å². The molecule has 0 saturated heterocycles. The zero-order valence-electron chi connectivity index (χ0n) is 8.46. The van der Waals surface area contributed by atoms with E-state index in [0.717, 1.165) is 5.57 Å². The number of aliphatic carboxylic acids is 1. The van der Waals surface area contributed by atoms with Gasteiger partial charge in [0.05, 0.1) is 6.16 Å². The van der Waals surface area contributed by atoms with Gasteiger partial charge in [-0.15, -0.1) is 0 Å². The highest BCUT2D eigenvalue weighted by molar-refractivity contribution is 7.51. The minimum absolute atomic E-state index is 0.194. The number of rotatable bonds is 6. The van der Waals surface area contributed by atoms with Gasteiger partial charge >= 0.3 is 13.6 Å². The SMILES string of the molecule is CC(=C[C@@H](N)C(=O)O)CCCP(=O)(O)O. The standard InChI is InChI=1S/C8H16NO5P/c1-6(5-7(9)8(10)11)3-2-4-15(12,13)14/h5,7H,2-4,9H2,1H3,(H,10,11)(H2,12,13,14)/t7-/m1/s1. The predicted octanol–water partition coefficient (Wildman–Crippen LogP) is 0.302. The van der Waals surface area contributed by atoms with Crippen LogP contribution in [0.3, 0.4) is 0 Å². The smallest absolute Gasteiger partial charge is 0.325 e. The average molecular weight is 237 g/mol. The summed E-state index contributed by atoms with van der Waals surface area (Å²) in [7, 11) is -3.95. The van der Waals surface area contributed by atoms with Crippen molar-refractivity contribution in [3.05, 3.63) is 11.6 Å². The van der Waals surface area contributed by atoms with E-state index in [0.29, 0.717) is 12.8 Å². The average Bonchev–Trinajstić information content (AvgIpc) is 2.01. The topological polar surface area (TPSA) is 121 Å². The highest BCUT2D eigenvalue weighted by Crippen LogP contribution is 2.35. The first-order valence-electron chi connectivity index (χ1n) is 4.42. The molecule has 6 nitrogen and oxygen atoms in total. The second kappa shape index (κ2) is 6.02. The molecule has 0 aromatic rings. The van der Waals surface area contributed by atoms with Crippen LogP contribution in [0.4, 0.5) is 0 Å². The van der Waals surface area contributed by atoms with Gasteiger partial charge in [-0.05, 0) is 19.8 Å². The Morgan fingerprint density at radius 1 is 1.53 bits per heavy atom. The Kier molecular flexibility index (Phi) is 5.75. The lowest BCUT2D eigenvalue weighted by molar-refractivity contribution is -0.137. The van der Waals surface area contributed by atoms with Gasteiger partial charge in [0.25, 0.3) is 0 Å². The highest BCUT2D eigenvalue weighted by Gasteiger charge is 2.12. The van der Waals surface area contributed by atoms with Crippen LogP contribution in [0.2, 0.25) is 0 Å². The molecule has 0 unspecified atom stereocenters. The first kappa shape index (κ1) is 14.3. The summed E-state index contributed by atoms with van der Waals surface area (Å²) in [6, 6.07) is -1.06. The van der Waals surface area contributed by atoms with Crippen molar-refractivity contribution >= 4 is 13.6 Å². The molecule has 15 heavy (non-hydrogen) atoms. The maximum atomic E-state index is 10.5. The van der Waals surface area contributed by atoms with E-state index in [4.69, 9.17) is 20.6 Å². The van der Waals surface area contributed by atoms with Crippen molar-refractivity contribution in [2.75, 3.05) is 6.16 Å². The van der Waals surface area contributed by atoms with Crippen molar-refractivity contribution in [1.29, 1.82) is 0 Å². The quantitative estimate of drug-likeness (QED) is 0.389. The fraction of sp³-hybridized carbons (Fsp3) is 0.625. The second-order valence-electron chi connectivity index (χ2n) is 3.37. The molecule has 0 aromatic carbocycles. The third-order valence-corrected chi connectivity index (χ3v) is 2.67. The molecule has 0 radical (unpaired) electrons. The number of carboxylic acid groups (broad SMARTS) is 1. The molecule has 0 amide bonds. The van der Waals surface area contributed by atoms with Gasteiger partial charge in [-0.25, -0.2) is 0 Å². The van der Waals surface area contributed by atoms with Crippen LogP contribution >= 0.6 is 7.60 Å². The first-order valence-corrected chi connectivity index (χ1v) is 6.22. The van der Waals surface area contributed by atoms with Crippen LogP contribution in [0.1, 0.15) is 19.8 Å². The number of carboxylic acids is 1. The summed E-state index contributed by atoms with van der Waals surface area (Å²) in [6.07, 6.45) is 1.94. The van der Waals surface area contributed by atoms with E-state index >= 15 is 0 Å². The number of allylic oxidation sites excluding steroid dienone is 1. The molecule has 0 spiro atoms. The lowest BCUT2D eigenvalue weighted by Crippen LogP contribution is -2.27. The Bertz CT molecular complexity index is 295. The van der Waals surface area contributed by atoms with E-state index < -0.39 is 19.6 Å². The summed E-state index contributed by atoms with van der Waals surface area (Å²) in [6.45, 7) is 1.68. The monoisotopic (exact) mass is 237 g/mol. The molecule has 0 aliphatic heterocycles. The highest BCUT2D eigenvalue weighted by atomic mass is 31.2. The van der Waals surface area contributed by atoms with Crippen molar-refractivity contribution in [2.45, 2.75) is 25.8 Å². The number of carbonyl (C=O) groups is 1. The molecule has 0 saturated carbocycles. The Balaban J connectivity index is 3.99. The van der Waals surface area contributed by atoms with Crippen molar-refractivity contribution in [2.24, 2.45) is 5.73 Å². The van der Waals surface area contributed by atoms with E-state index in [1.807, 2.05) is 0 Å². The van der Waals surface area contributed by atoms with Crippen LogP contribution in [-0.2, 0) is 9.36 Å². The number of hydrogen-bond donors (Lipinski definition) is 4. The fourth-order valence-corrected chi connectivity index (χ4v) is 1.60. The van der Waals surface area contributed by atoms with Gasteiger partial charge in [0.1, 0.15) is 6.04 Å². The van der Waals surface area contributed by atoms with Gasteiger partial charge in [-0.1, -0.05) is 11.6 Å². The first-order chi connectivity index (χ1) is 6.72. The van der Waals surface area contributed by atoms with Crippen LogP contribution in [0.15, 0.2) is 11.6 Å². The minimum atomic E-state index is -3.95. The number of hydrogen-bond acceptors (Lipinski definition) is 3. The molecule has 0 aliphatic carbocycles. The molecule has 0 fully saturated rings. The zero-order valence-corrected chi connectivity index (χ0v) is 9.35. The number of nitrogens with two attached hydrogens (primary N) is 1. The van der Waals surface area contributed by atoms with Gasteiger partial charge in [-0.2, -0.15) is 0 Å². The summed E-state index contributed by atoms with van der Waals surface area (Å²) >= 11 is 0. The van der Waals surface area contributed by atoms with Crippen molar-refractivity contribution in [1.82, 2.24) is 0 Å². The zero-order chi connectivity index (χ0) is 12.1. The minimum Gasteiger partial charge on any atom is -0.480 e. The van der Waals surface area contributed by atoms with Crippen LogP contribution in [-0.4, -0.2) is 33.1 Å². The molecule has 0 rings (SSSR count). The van der Waals surface area contributed by atoms with Gasteiger partial charge in [0.15, 0.2) is 0 Å². The molecule has 0 bridgehead atoms. The summed E-state index contributed by atoms with van der Waals surface area (Å²) < 4.78 is 10.5. The van der Waals surface area contributed by atoms with Gasteiger partial charge in [0.2, 0.25) is 0 Å². The van der Waals surface area contributed by atoms with Crippen LogP contribution in [0.5, 0.6) is 0 Å². The second-order valence-corrected chi connectivity index (χ2v) is 5.15. The van der Waals surface area contributed by atoms with E-state index in [2.05, 4.69) is 0 Å². The summed E-state index contributed by atoms with van der Waals surface area (Å²) in [5, 5.41) is 8.49. The lowest BCUT2D eigenvalue weighted by Gasteiger charge is -2.05. The fourth-order valence-electron chi connectivity index (χ4n) is 1.03. The Morgan fingerprint density at radius 2 is 2.07 bits per heavy atom. The van der Waals surface area contributed by atoms with Gasteiger partial charge < -0.3 is 20.6 Å². The maximum absolute atomic E-state index is 10.5. The maximum Gasteiger partial charge on any atom is 0.325 e. The molecule has 5 N–H and O–H groups in total. The Hall–Kier alpha value is -0.680. The van der Waals surface area contributed by atoms with Crippen LogP contribution in [0.25, 0.3) is 0 Å². The van der Waals surface area contributed by atoms with Gasteiger partial charge in [0, 0.05) is 0 Å². The van der Waals surface area contributed by atoms with Crippen molar-refractivity contribution < 1.29 is 24.3 Å². The third kappa shape index (κ3) is 8.32. The summed E-state index contributed by atoms with van der Waals surface area (Å²) in [4.78, 5) is 27.5. The van der Waals surface area contributed by atoms with Crippen molar-refractivity contribution in [3.8, 4) is 0 Å². The Morgan fingerprint density at radius 3 is 2.47 bits per heavy atom. The molecule has 0 aromatic heterocycles. The molecule has 1 atom stereocenters. The van der Waals surface area contributed by atoms with E-state index in [1.54, 1.807) is 6.92 Å². The largest absolute Gasteiger partial charge is 0.480 e. The summed E-state index contributed by atoms with van der Waals surface area (Å²) in [5.41, 5.74) is 5.97. The molecule has 7 heteroatoms. The lowest BCUT2D eigenvalue weighted by atomic mass is 10.1. The third-order valence-electron chi connectivity index (χ3n) is 1.77. The normalized spacial score (nSPS) is 15.1. The molecule has 0 aliphatic rings. The van der Waals surface area contributed by atoms with Crippen molar-refractivity contribution in [3.63, 3.8) is 0 Å². The predicted molar refractivity (Wildman–Crippen MR) is 55.5 cm³/mol. The van der Waals surface area contributed by atoms with Crippen LogP contribution in [0, 0.1) is 0 Å². The van der Waals surface area contributed by atoms with E-state index in [-0.39, 0.29) is 6.16 Å². The van der Waals surface area contributed by atoms with Crippen LogP contribution < -0.4 is 5.73 Å². The molecule has 88 valence electrons. The van der Waals surface area contributed by atoms with E-state index in [9.17, 15) is 9.36 Å². The van der Waals surface area contributed by atoms with E-state index in [1.165, 1.54) is 6.08 Å². The molecule has 0 heterocycles. The molecular formula is C8H16NO5P. The summed E-state index contributed by atoms with van der Waals surface area (Å²) in [5.74, 6) is -1.12. The molecular weight excluding hydrogens is 221 g/mol.